The first-order valence-corrected chi connectivity index (χ1v) is 4.44. The SMILES string of the molecule is Nc1nc(-c2cncnc2)cc(C(F)(F)F)n1. The summed E-state index contributed by atoms with van der Waals surface area (Å²) in [5, 5.41) is 0. The predicted molar refractivity (Wildman–Crippen MR) is 52.5 cm³/mol. The summed E-state index contributed by atoms with van der Waals surface area (Å²) in [6, 6.07) is 0.801. The van der Waals surface area contributed by atoms with Crippen LogP contribution in [0.1, 0.15) is 5.69 Å². The molecule has 0 aromatic carbocycles. The molecule has 2 aromatic heterocycles. The molecule has 2 rings (SSSR count). The van der Waals surface area contributed by atoms with Crippen molar-refractivity contribution in [2.45, 2.75) is 6.18 Å². The molecule has 2 heterocycles. The summed E-state index contributed by atoms with van der Waals surface area (Å²) >= 11 is 0. The van der Waals surface area contributed by atoms with E-state index in [1.165, 1.54) is 18.7 Å². The number of alkyl halides is 3. The van der Waals surface area contributed by atoms with Crippen LogP contribution in [0.5, 0.6) is 0 Å². The summed E-state index contributed by atoms with van der Waals surface area (Å²) in [5.74, 6) is -0.446. The van der Waals surface area contributed by atoms with Crippen LogP contribution < -0.4 is 5.73 Å². The van der Waals surface area contributed by atoms with E-state index in [0.29, 0.717) is 5.56 Å². The van der Waals surface area contributed by atoms with Gasteiger partial charge in [-0.15, -0.1) is 0 Å². The molecule has 0 aliphatic heterocycles. The van der Waals surface area contributed by atoms with Gasteiger partial charge in [-0.2, -0.15) is 13.2 Å². The molecule has 0 unspecified atom stereocenters. The molecule has 88 valence electrons. The highest BCUT2D eigenvalue weighted by molar-refractivity contribution is 5.58. The first kappa shape index (κ1) is 11.2. The van der Waals surface area contributed by atoms with Gasteiger partial charge in [-0.25, -0.2) is 19.9 Å². The Balaban J connectivity index is 2.54. The van der Waals surface area contributed by atoms with E-state index < -0.39 is 17.8 Å². The van der Waals surface area contributed by atoms with Crippen molar-refractivity contribution in [1.29, 1.82) is 0 Å². The number of rotatable bonds is 1. The smallest absolute Gasteiger partial charge is 0.368 e. The third-order valence-corrected chi connectivity index (χ3v) is 1.89. The lowest BCUT2D eigenvalue weighted by molar-refractivity contribution is -0.141. The summed E-state index contributed by atoms with van der Waals surface area (Å²) in [5.41, 5.74) is 4.51. The Morgan fingerprint density at radius 1 is 1.06 bits per heavy atom. The molecule has 17 heavy (non-hydrogen) atoms. The van der Waals surface area contributed by atoms with Gasteiger partial charge >= 0.3 is 6.18 Å². The molecule has 0 amide bonds. The van der Waals surface area contributed by atoms with E-state index in [0.717, 1.165) is 6.07 Å². The molecule has 0 bridgehead atoms. The van der Waals surface area contributed by atoms with Gasteiger partial charge in [-0.05, 0) is 6.07 Å². The van der Waals surface area contributed by atoms with Crippen LogP contribution >= 0.6 is 0 Å². The Labute approximate surface area is 93.6 Å². The summed E-state index contributed by atoms with van der Waals surface area (Å²) in [4.78, 5) is 14.2. The molecule has 0 aliphatic rings. The molecular formula is C9H6F3N5. The maximum Gasteiger partial charge on any atom is 0.433 e. The Morgan fingerprint density at radius 3 is 2.29 bits per heavy atom. The summed E-state index contributed by atoms with van der Waals surface area (Å²) in [6.07, 6.45) is -0.621. The van der Waals surface area contributed by atoms with Crippen LogP contribution in [0, 0.1) is 0 Å². The zero-order valence-corrected chi connectivity index (χ0v) is 8.31. The molecule has 0 fully saturated rings. The molecule has 0 saturated carbocycles. The van der Waals surface area contributed by atoms with Crippen LogP contribution in [0.25, 0.3) is 11.3 Å². The third kappa shape index (κ3) is 2.47. The lowest BCUT2D eigenvalue weighted by Crippen LogP contribution is -2.11. The van der Waals surface area contributed by atoms with Gasteiger partial charge in [0.1, 0.15) is 6.33 Å². The fraction of sp³-hybridized carbons (Fsp3) is 0.111. The predicted octanol–water partition coefficient (Wildman–Crippen LogP) is 1.53. The number of hydrogen-bond acceptors (Lipinski definition) is 5. The van der Waals surface area contributed by atoms with E-state index in [2.05, 4.69) is 19.9 Å². The Bertz CT molecular complexity index is 526. The minimum absolute atomic E-state index is 0.0328. The fourth-order valence-corrected chi connectivity index (χ4v) is 1.19. The lowest BCUT2D eigenvalue weighted by Gasteiger charge is -2.08. The highest BCUT2D eigenvalue weighted by Gasteiger charge is 2.33. The van der Waals surface area contributed by atoms with Gasteiger partial charge in [0, 0.05) is 18.0 Å². The van der Waals surface area contributed by atoms with Crippen LogP contribution in [0.4, 0.5) is 19.1 Å². The first-order chi connectivity index (χ1) is 7.97. The molecular weight excluding hydrogens is 235 g/mol. The van der Waals surface area contributed by atoms with Crippen molar-refractivity contribution in [3.05, 3.63) is 30.5 Å². The molecule has 2 N–H and O–H groups in total. The van der Waals surface area contributed by atoms with E-state index in [1.54, 1.807) is 0 Å². The molecule has 0 radical (unpaired) electrons. The van der Waals surface area contributed by atoms with Gasteiger partial charge in [0.25, 0.3) is 0 Å². The summed E-state index contributed by atoms with van der Waals surface area (Å²) in [7, 11) is 0. The molecule has 0 saturated heterocycles. The lowest BCUT2D eigenvalue weighted by atomic mass is 10.2. The van der Waals surface area contributed by atoms with Gasteiger partial charge in [0.2, 0.25) is 5.95 Å². The van der Waals surface area contributed by atoms with E-state index in [4.69, 9.17) is 5.73 Å². The highest BCUT2D eigenvalue weighted by Crippen LogP contribution is 2.30. The normalized spacial score (nSPS) is 11.5. The minimum atomic E-state index is -4.57. The van der Waals surface area contributed by atoms with E-state index in [-0.39, 0.29) is 5.69 Å². The van der Waals surface area contributed by atoms with Gasteiger partial charge in [-0.3, -0.25) is 0 Å². The number of nitrogen functional groups attached to an aromatic ring is 1. The Morgan fingerprint density at radius 2 is 1.71 bits per heavy atom. The zero-order valence-electron chi connectivity index (χ0n) is 8.31. The number of nitrogens with two attached hydrogens (primary N) is 1. The molecule has 0 atom stereocenters. The van der Waals surface area contributed by atoms with Gasteiger partial charge in [0.05, 0.1) is 5.69 Å². The fourth-order valence-electron chi connectivity index (χ4n) is 1.19. The Hall–Kier alpha value is -2.25. The third-order valence-electron chi connectivity index (χ3n) is 1.89. The minimum Gasteiger partial charge on any atom is -0.368 e. The molecule has 5 nitrogen and oxygen atoms in total. The average Bonchev–Trinajstić information content (AvgIpc) is 2.28. The van der Waals surface area contributed by atoms with Crippen LogP contribution in [-0.4, -0.2) is 19.9 Å². The van der Waals surface area contributed by atoms with Crippen LogP contribution in [0.15, 0.2) is 24.8 Å². The van der Waals surface area contributed by atoms with Gasteiger partial charge in [-0.1, -0.05) is 0 Å². The molecule has 2 aromatic rings. The quantitative estimate of drug-likeness (QED) is 0.819. The number of hydrogen-bond donors (Lipinski definition) is 1. The van der Waals surface area contributed by atoms with Crippen molar-refractivity contribution in [1.82, 2.24) is 19.9 Å². The zero-order chi connectivity index (χ0) is 12.5. The molecule has 0 spiro atoms. The molecule has 8 heteroatoms. The summed E-state index contributed by atoms with van der Waals surface area (Å²) < 4.78 is 37.5. The van der Waals surface area contributed by atoms with E-state index >= 15 is 0 Å². The second-order valence-electron chi connectivity index (χ2n) is 3.12. The maximum atomic E-state index is 12.5. The van der Waals surface area contributed by atoms with Crippen molar-refractivity contribution in [3.8, 4) is 11.3 Å². The monoisotopic (exact) mass is 241 g/mol. The van der Waals surface area contributed by atoms with Crippen molar-refractivity contribution in [2.75, 3.05) is 5.73 Å². The Kier molecular flexibility index (Phi) is 2.62. The number of anilines is 1. The molecule has 0 aliphatic carbocycles. The van der Waals surface area contributed by atoms with Crippen LogP contribution in [0.3, 0.4) is 0 Å². The maximum absolute atomic E-state index is 12.5. The van der Waals surface area contributed by atoms with Gasteiger partial charge < -0.3 is 5.73 Å². The first-order valence-electron chi connectivity index (χ1n) is 4.44. The van der Waals surface area contributed by atoms with Crippen molar-refractivity contribution >= 4 is 5.95 Å². The number of halogens is 3. The second-order valence-corrected chi connectivity index (χ2v) is 3.12. The van der Waals surface area contributed by atoms with Crippen molar-refractivity contribution in [2.24, 2.45) is 0 Å². The van der Waals surface area contributed by atoms with Crippen LogP contribution in [-0.2, 0) is 6.18 Å². The topological polar surface area (TPSA) is 77.6 Å². The van der Waals surface area contributed by atoms with Gasteiger partial charge in [0.15, 0.2) is 5.69 Å². The second kappa shape index (κ2) is 3.96. The highest BCUT2D eigenvalue weighted by atomic mass is 19.4. The summed E-state index contributed by atoms with van der Waals surface area (Å²) in [6.45, 7) is 0. The average molecular weight is 241 g/mol. The van der Waals surface area contributed by atoms with Crippen molar-refractivity contribution in [3.63, 3.8) is 0 Å². The largest absolute Gasteiger partial charge is 0.433 e. The number of aromatic nitrogens is 4. The van der Waals surface area contributed by atoms with Crippen LogP contribution in [0.2, 0.25) is 0 Å². The van der Waals surface area contributed by atoms with E-state index in [1.807, 2.05) is 0 Å². The standard InChI is InChI=1S/C9H6F3N5/c10-9(11,12)7-1-6(16-8(13)17-7)5-2-14-4-15-3-5/h1-4H,(H2,13,16,17). The number of nitrogens with zero attached hydrogens (tertiary/aromatic N) is 4. The van der Waals surface area contributed by atoms with Crippen molar-refractivity contribution < 1.29 is 13.2 Å². The van der Waals surface area contributed by atoms with E-state index in [9.17, 15) is 13.2 Å².